The van der Waals surface area contributed by atoms with Gasteiger partial charge in [0.05, 0.1) is 0 Å². The van der Waals surface area contributed by atoms with E-state index in [2.05, 4.69) is 38.2 Å². The van der Waals surface area contributed by atoms with Crippen molar-refractivity contribution in [3.8, 4) is 0 Å². The van der Waals surface area contributed by atoms with Crippen LogP contribution in [-0.2, 0) is 6.42 Å². The van der Waals surface area contributed by atoms with E-state index in [1.807, 2.05) is 7.05 Å². The molecule has 0 aliphatic carbocycles. The molecule has 0 aliphatic heterocycles. The quantitative estimate of drug-likeness (QED) is 0.827. The minimum atomic E-state index is -0.792. The Hall–Kier alpha value is -1.00. The Morgan fingerprint density at radius 2 is 1.75 bits per heavy atom. The van der Waals surface area contributed by atoms with E-state index in [0.717, 1.165) is 18.4 Å². The van der Waals surface area contributed by atoms with Crippen molar-refractivity contribution in [2.45, 2.75) is 44.7 Å². The fourth-order valence-electron chi connectivity index (χ4n) is 3.15. The van der Waals surface area contributed by atoms with E-state index in [-0.39, 0.29) is 11.6 Å². The summed E-state index contributed by atoms with van der Waals surface area (Å²) in [7, 11) is 6.07. The molecule has 1 N–H and O–H groups in total. The maximum atomic E-state index is 13.3. The van der Waals surface area contributed by atoms with Gasteiger partial charge in [-0.05, 0) is 58.1 Å². The second-order valence-electron chi connectivity index (χ2n) is 5.50. The summed E-state index contributed by atoms with van der Waals surface area (Å²) in [5.41, 5.74) is 0.816. The summed E-state index contributed by atoms with van der Waals surface area (Å²) in [5, 5.41) is 3.35. The van der Waals surface area contributed by atoms with Crippen molar-refractivity contribution in [2.75, 3.05) is 21.1 Å². The van der Waals surface area contributed by atoms with Crippen LogP contribution in [0.4, 0.5) is 8.78 Å². The highest BCUT2D eigenvalue weighted by molar-refractivity contribution is 5.20. The second-order valence-corrected chi connectivity index (χ2v) is 5.50. The molecule has 20 heavy (non-hydrogen) atoms. The van der Waals surface area contributed by atoms with E-state index in [4.69, 9.17) is 0 Å². The number of nitrogens with zero attached hydrogens (tertiary/aromatic N) is 1. The normalized spacial score (nSPS) is 13.8. The van der Waals surface area contributed by atoms with Gasteiger partial charge in [0.25, 0.3) is 0 Å². The Bertz CT molecular complexity index is 428. The lowest BCUT2D eigenvalue weighted by Crippen LogP contribution is -2.58. The predicted molar refractivity (Wildman–Crippen MR) is 79.9 cm³/mol. The average molecular weight is 284 g/mol. The molecule has 0 aromatic heterocycles. The Labute approximate surface area is 121 Å². The van der Waals surface area contributed by atoms with Crippen LogP contribution in [-0.4, -0.2) is 37.6 Å². The molecule has 0 saturated carbocycles. The third-order valence-electron chi connectivity index (χ3n) is 4.54. The molecule has 0 fully saturated rings. The summed E-state index contributed by atoms with van der Waals surface area (Å²) in [5.74, 6) is -1.57. The Morgan fingerprint density at radius 1 is 1.15 bits per heavy atom. The highest BCUT2D eigenvalue weighted by Gasteiger charge is 2.36. The van der Waals surface area contributed by atoms with Crippen molar-refractivity contribution < 1.29 is 8.78 Å². The average Bonchev–Trinajstić information content (AvgIpc) is 2.43. The number of hydrogen-bond acceptors (Lipinski definition) is 2. The van der Waals surface area contributed by atoms with Crippen molar-refractivity contribution in [1.82, 2.24) is 10.2 Å². The zero-order chi connectivity index (χ0) is 15.3. The van der Waals surface area contributed by atoms with E-state index >= 15 is 0 Å². The molecule has 1 aromatic rings. The molecule has 0 saturated heterocycles. The van der Waals surface area contributed by atoms with Crippen molar-refractivity contribution in [3.05, 3.63) is 35.4 Å². The monoisotopic (exact) mass is 284 g/mol. The molecule has 1 rings (SSSR count). The molecule has 0 spiro atoms. The zero-order valence-electron chi connectivity index (χ0n) is 13.1. The first-order valence-electron chi connectivity index (χ1n) is 7.19. The first-order chi connectivity index (χ1) is 9.41. The predicted octanol–water partition coefficient (Wildman–Crippen LogP) is 3.22. The van der Waals surface area contributed by atoms with Crippen molar-refractivity contribution in [3.63, 3.8) is 0 Å². The van der Waals surface area contributed by atoms with Gasteiger partial charge in [-0.2, -0.15) is 0 Å². The van der Waals surface area contributed by atoms with Gasteiger partial charge in [0.15, 0.2) is 11.6 Å². The van der Waals surface area contributed by atoms with Gasteiger partial charge < -0.3 is 10.2 Å². The highest BCUT2D eigenvalue weighted by atomic mass is 19.2. The summed E-state index contributed by atoms with van der Waals surface area (Å²) >= 11 is 0. The number of halogens is 2. The first kappa shape index (κ1) is 17.1. The van der Waals surface area contributed by atoms with Crippen LogP contribution in [0.2, 0.25) is 0 Å². The summed E-state index contributed by atoms with van der Waals surface area (Å²) in [4.78, 5) is 2.23. The molecule has 0 bridgehead atoms. The second kappa shape index (κ2) is 7.14. The van der Waals surface area contributed by atoms with Crippen molar-refractivity contribution >= 4 is 0 Å². The van der Waals surface area contributed by atoms with E-state index in [1.165, 1.54) is 12.1 Å². The van der Waals surface area contributed by atoms with Gasteiger partial charge in [0.2, 0.25) is 0 Å². The SMILES string of the molecule is CCC(CC)(C(Cc1ccc(F)c(F)c1)NC)N(C)C. The van der Waals surface area contributed by atoms with Crippen molar-refractivity contribution in [1.29, 1.82) is 0 Å². The first-order valence-corrected chi connectivity index (χ1v) is 7.19. The molecular weight excluding hydrogens is 258 g/mol. The van der Waals surface area contributed by atoms with Crippen LogP contribution >= 0.6 is 0 Å². The summed E-state index contributed by atoms with van der Waals surface area (Å²) < 4.78 is 26.4. The minimum absolute atomic E-state index is 0.000385. The number of likely N-dealkylation sites (N-methyl/N-ethyl adjacent to an activating group) is 2. The molecule has 1 aromatic carbocycles. The molecule has 1 atom stereocenters. The summed E-state index contributed by atoms with van der Waals surface area (Å²) in [6.07, 6.45) is 2.66. The van der Waals surface area contributed by atoms with Gasteiger partial charge in [-0.3, -0.25) is 0 Å². The van der Waals surface area contributed by atoms with Crippen LogP contribution in [0.3, 0.4) is 0 Å². The van der Waals surface area contributed by atoms with Crippen LogP contribution in [0.1, 0.15) is 32.3 Å². The summed E-state index contributed by atoms with van der Waals surface area (Å²) in [6.45, 7) is 4.33. The lowest BCUT2D eigenvalue weighted by molar-refractivity contribution is 0.0917. The number of nitrogens with one attached hydrogen (secondary N) is 1. The molecule has 0 heterocycles. The molecule has 0 amide bonds. The van der Waals surface area contributed by atoms with Gasteiger partial charge in [-0.15, -0.1) is 0 Å². The Balaban J connectivity index is 3.03. The van der Waals surface area contributed by atoms with Gasteiger partial charge in [-0.25, -0.2) is 8.78 Å². The molecule has 4 heteroatoms. The highest BCUT2D eigenvalue weighted by Crippen LogP contribution is 2.28. The smallest absolute Gasteiger partial charge is 0.159 e. The van der Waals surface area contributed by atoms with E-state index in [1.54, 1.807) is 6.07 Å². The van der Waals surface area contributed by atoms with Crippen molar-refractivity contribution in [2.24, 2.45) is 0 Å². The van der Waals surface area contributed by atoms with E-state index in [9.17, 15) is 8.78 Å². The van der Waals surface area contributed by atoms with Gasteiger partial charge >= 0.3 is 0 Å². The lowest BCUT2D eigenvalue weighted by Gasteiger charge is -2.45. The topological polar surface area (TPSA) is 15.3 Å². The van der Waals surface area contributed by atoms with Gasteiger partial charge in [0.1, 0.15) is 0 Å². The molecule has 2 nitrogen and oxygen atoms in total. The fraction of sp³-hybridized carbons (Fsp3) is 0.625. The third-order valence-corrected chi connectivity index (χ3v) is 4.54. The molecule has 114 valence electrons. The zero-order valence-corrected chi connectivity index (χ0v) is 13.1. The standard InChI is InChI=1S/C16H26F2N2/c1-6-16(7-2,20(4)5)15(19-3)11-12-8-9-13(17)14(18)10-12/h8-10,15,19H,6-7,11H2,1-5H3. The summed E-state index contributed by atoms with van der Waals surface area (Å²) in [6, 6.07) is 4.34. The minimum Gasteiger partial charge on any atom is -0.315 e. The van der Waals surface area contributed by atoms with E-state index in [0.29, 0.717) is 6.42 Å². The number of rotatable bonds is 7. The Kier molecular flexibility index (Phi) is 6.08. The molecule has 1 unspecified atom stereocenters. The fourth-order valence-corrected chi connectivity index (χ4v) is 3.15. The lowest BCUT2D eigenvalue weighted by atomic mass is 9.80. The molecule has 0 radical (unpaired) electrons. The van der Waals surface area contributed by atoms with Crippen LogP contribution in [0.15, 0.2) is 18.2 Å². The van der Waals surface area contributed by atoms with E-state index < -0.39 is 11.6 Å². The maximum absolute atomic E-state index is 13.3. The van der Waals surface area contributed by atoms with Gasteiger partial charge in [0, 0.05) is 11.6 Å². The molecule has 0 aliphatic rings. The van der Waals surface area contributed by atoms with Crippen LogP contribution < -0.4 is 5.32 Å². The number of benzene rings is 1. The Morgan fingerprint density at radius 3 is 2.15 bits per heavy atom. The maximum Gasteiger partial charge on any atom is 0.159 e. The van der Waals surface area contributed by atoms with Gasteiger partial charge in [-0.1, -0.05) is 19.9 Å². The van der Waals surface area contributed by atoms with Crippen LogP contribution in [0.5, 0.6) is 0 Å². The third kappa shape index (κ3) is 3.36. The number of hydrogen-bond donors (Lipinski definition) is 1. The molecular formula is C16H26F2N2. The van der Waals surface area contributed by atoms with Crippen LogP contribution in [0, 0.1) is 11.6 Å². The largest absolute Gasteiger partial charge is 0.315 e. The van der Waals surface area contributed by atoms with Crippen LogP contribution in [0.25, 0.3) is 0 Å².